The predicted octanol–water partition coefficient (Wildman–Crippen LogP) is 3.12. The first-order valence-corrected chi connectivity index (χ1v) is 8.47. The molecule has 5 heteroatoms. The standard InChI is InChI=1S/C21H20N2O3/c1-23-19(22-18-12-6-5-11-17(18)21(23)25)13-14-20(24)26-15-7-10-16-8-3-2-4-9-16/h2-12H,13-15H2,1H3/b10-7-. The quantitative estimate of drug-likeness (QED) is 0.642. The van der Waals surface area contributed by atoms with Gasteiger partial charge in [0, 0.05) is 13.5 Å². The van der Waals surface area contributed by atoms with E-state index in [9.17, 15) is 9.59 Å². The predicted molar refractivity (Wildman–Crippen MR) is 102 cm³/mol. The lowest BCUT2D eigenvalue weighted by atomic mass is 10.2. The van der Waals surface area contributed by atoms with Gasteiger partial charge >= 0.3 is 5.97 Å². The van der Waals surface area contributed by atoms with E-state index in [4.69, 9.17) is 4.74 Å². The molecule has 0 N–H and O–H groups in total. The Morgan fingerprint density at radius 1 is 1.12 bits per heavy atom. The summed E-state index contributed by atoms with van der Waals surface area (Å²) < 4.78 is 6.69. The fraction of sp³-hybridized carbons (Fsp3) is 0.190. The summed E-state index contributed by atoms with van der Waals surface area (Å²) in [6, 6.07) is 17.0. The van der Waals surface area contributed by atoms with Crippen LogP contribution in [0, 0.1) is 0 Å². The van der Waals surface area contributed by atoms with E-state index in [2.05, 4.69) is 4.98 Å². The van der Waals surface area contributed by atoms with Crippen LogP contribution in [-0.4, -0.2) is 22.1 Å². The summed E-state index contributed by atoms with van der Waals surface area (Å²) in [6.07, 6.45) is 4.24. The van der Waals surface area contributed by atoms with Gasteiger partial charge in [0.25, 0.3) is 5.56 Å². The van der Waals surface area contributed by atoms with Gasteiger partial charge in [-0.25, -0.2) is 4.98 Å². The molecule has 0 fully saturated rings. The number of fused-ring (bicyclic) bond motifs is 1. The average Bonchev–Trinajstić information content (AvgIpc) is 2.68. The summed E-state index contributed by atoms with van der Waals surface area (Å²) >= 11 is 0. The second kappa shape index (κ2) is 8.25. The number of carbonyl (C=O) groups excluding carboxylic acids is 1. The van der Waals surface area contributed by atoms with E-state index >= 15 is 0 Å². The molecule has 26 heavy (non-hydrogen) atoms. The van der Waals surface area contributed by atoms with E-state index in [-0.39, 0.29) is 24.6 Å². The van der Waals surface area contributed by atoms with Crippen molar-refractivity contribution in [2.75, 3.05) is 6.61 Å². The van der Waals surface area contributed by atoms with Gasteiger partial charge in [0.1, 0.15) is 12.4 Å². The van der Waals surface area contributed by atoms with Crippen LogP contribution in [0.3, 0.4) is 0 Å². The maximum Gasteiger partial charge on any atom is 0.306 e. The van der Waals surface area contributed by atoms with Gasteiger partial charge in [-0.05, 0) is 23.8 Å². The highest BCUT2D eigenvalue weighted by Gasteiger charge is 2.10. The van der Waals surface area contributed by atoms with Crippen LogP contribution in [0.15, 0.2) is 65.5 Å². The Bertz CT molecular complexity index is 991. The Balaban J connectivity index is 1.56. The molecule has 0 radical (unpaired) electrons. The van der Waals surface area contributed by atoms with Gasteiger partial charge < -0.3 is 4.74 Å². The number of esters is 1. The van der Waals surface area contributed by atoms with E-state index in [1.807, 2.05) is 48.5 Å². The number of rotatable bonds is 6. The molecule has 0 aliphatic carbocycles. The highest BCUT2D eigenvalue weighted by Crippen LogP contribution is 2.09. The van der Waals surface area contributed by atoms with Gasteiger partial charge in [-0.15, -0.1) is 0 Å². The van der Waals surface area contributed by atoms with Crippen molar-refractivity contribution in [1.82, 2.24) is 9.55 Å². The second-order valence-electron chi connectivity index (χ2n) is 5.91. The molecular formula is C21H20N2O3. The first-order valence-electron chi connectivity index (χ1n) is 8.47. The maximum atomic E-state index is 12.3. The van der Waals surface area contributed by atoms with E-state index in [0.717, 1.165) is 5.56 Å². The van der Waals surface area contributed by atoms with Crippen LogP contribution >= 0.6 is 0 Å². The molecule has 0 saturated carbocycles. The molecule has 0 aliphatic heterocycles. The number of carbonyl (C=O) groups is 1. The van der Waals surface area contributed by atoms with Gasteiger partial charge in [-0.2, -0.15) is 0 Å². The van der Waals surface area contributed by atoms with Crippen LogP contribution in [0.1, 0.15) is 17.8 Å². The summed E-state index contributed by atoms with van der Waals surface area (Å²) in [5.41, 5.74) is 1.59. The molecule has 0 saturated heterocycles. The number of hydrogen-bond donors (Lipinski definition) is 0. The Morgan fingerprint density at radius 3 is 2.65 bits per heavy atom. The molecule has 3 rings (SSSR count). The largest absolute Gasteiger partial charge is 0.461 e. The van der Waals surface area contributed by atoms with Crippen molar-refractivity contribution in [3.63, 3.8) is 0 Å². The number of benzene rings is 2. The third-order valence-electron chi connectivity index (χ3n) is 4.08. The van der Waals surface area contributed by atoms with Gasteiger partial charge in [-0.1, -0.05) is 48.5 Å². The lowest BCUT2D eigenvalue weighted by Gasteiger charge is -2.08. The summed E-state index contributed by atoms with van der Waals surface area (Å²) in [4.78, 5) is 28.7. The van der Waals surface area contributed by atoms with E-state index in [1.54, 1.807) is 25.3 Å². The molecule has 0 unspecified atom stereocenters. The summed E-state index contributed by atoms with van der Waals surface area (Å²) in [5.74, 6) is 0.260. The molecule has 132 valence electrons. The highest BCUT2D eigenvalue weighted by molar-refractivity contribution is 5.77. The summed E-state index contributed by atoms with van der Waals surface area (Å²) in [6.45, 7) is 0.220. The zero-order valence-corrected chi connectivity index (χ0v) is 14.6. The number of para-hydroxylation sites is 1. The van der Waals surface area contributed by atoms with Crippen LogP contribution in [-0.2, 0) is 23.0 Å². The van der Waals surface area contributed by atoms with Gasteiger partial charge in [0.05, 0.1) is 17.3 Å². The van der Waals surface area contributed by atoms with E-state index in [0.29, 0.717) is 23.1 Å². The number of hydrogen-bond acceptors (Lipinski definition) is 4. The monoisotopic (exact) mass is 348 g/mol. The fourth-order valence-corrected chi connectivity index (χ4v) is 2.66. The molecule has 0 atom stereocenters. The maximum absolute atomic E-state index is 12.3. The Labute approximate surface area is 151 Å². The molecule has 0 amide bonds. The van der Waals surface area contributed by atoms with E-state index in [1.165, 1.54) is 4.57 Å². The van der Waals surface area contributed by atoms with Crippen LogP contribution in [0.25, 0.3) is 17.0 Å². The molecule has 1 heterocycles. The van der Waals surface area contributed by atoms with Crippen LogP contribution in [0.2, 0.25) is 0 Å². The lowest BCUT2D eigenvalue weighted by molar-refractivity contribution is -0.142. The highest BCUT2D eigenvalue weighted by atomic mass is 16.5. The molecule has 2 aromatic carbocycles. The minimum atomic E-state index is -0.315. The normalized spacial score (nSPS) is 11.1. The number of nitrogens with zero attached hydrogens (tertiary/aromatic N) is 2. The van der Waals surface area contributed by atoms with Crippen LogP contribution in [0.5, 0.6) is 0 Å². The molecule has 5 nitrogen and oxygen atoms in total. The number of aromatic nitrogens is 2. The molecule has 1 aromatic heterocycles. The molecule has 0 spiro atoms. The SMILES string of the molecule is Cn1c(CCC(=O)OC/C=C\c2ccccc2)nc2ccccc2c1=O. The van der Waals surface area contributed by atoms with Crippen molar-refractivity contribution < 1.29 is 9.53 Å². The summed E-state index contributed by atoms with van der Waals surface area (Å²) in [7, 11) is 1.67. The van der Waals surface area contributed by atoms with Crippen molar-refractivity contribution in [2.24, 2.45) is 7.05 Å². The van der Waals surface area contributed by atoms with Crippen LogP contribution in [0.4, 0.5) is 0 Å². The average molecular weight is 348 g/mol. The third-order valence-corrected chi connectivity index (χ3v) is 4.08. The fourth-order valence-electron chi connectivity index (χ4n) is 2.66. The Morgan fingerprint density at radius 2 is 1.85 bits per heavy atom. The Hall–Kier alpha value is -3.21. The minimum Gasteiger partial charge on any atom is -0.461 e. The molecule has 0 bridgehead atoms. The molecule has 0 aliphatic rings. The van der Waals surface area contributed by atoms with Crippen molar-refractivity contribution in [3.8, 4) is 0 Å². The smallest absolute Gasteiger partial charge is 0.306 e. The van der Waals surface area contributed by atoms with Crippen molar-refractivity contribution in [2.45, 2.75) is 12.8 Å². The van der Waals surface area contributed by atoms with Crippen molar-refractivity contribution >= 4 is 22.9 Å². The first kappa shape index (κ1) is 17.6. The van der Waals surface area contributed by atoms with Gasteiger partial charge in [0.2, 0.25) is 0 Å². The third kappa shape index (κ3) is 4.25. The molecular weight excluding hydrogens is 328 g/mol. The first-order chi connectivity index (χ1) is 12.6. The number of aryl methyl sites for hydroxylation is 1. The van der Waals surface area contributed by atoms with Crippen molar-refractivity contribution in [3.05, 3.63) is 82.4 Å². The number of ether oxygens (including phenoxy) is 1. The van der Waals surface area contributed by atoms with E-state index < -0.39 is 0 Å². The zero-order chi connectivity index (χ0) is 18.4. The van der Waals surface area contributed by atoms with Crippen molar-refractivity contribution in [1.29, 1.82) is 0 Å². The summed E-state index contributed by atoms with van der Waals surface area (Å²) in [5, 5.41) is 0.576. The van der Waals surface area contributed by atoms with Gasteiger partial charge in [-0.3, -0.25) is 14.2 Å². The zero-order valence-electron chi connectivity index (χ0n) is 14.6. The Kier molecular flexibility index (Phi) is 5.59. The van der Waals surface area contributed by atoms with Crippen LogP contribution < -0.4 is 5.56 Å². The van der Waals surface area contributed by atoms with Gasteiger partial charge in [0.15, 0.2) is 0 Å². The second-order valence-corrected chi connectivity index (χ2v) is 5.91. The topological polar surface area (TPSA) is 61.2 Å². The molecule has 3 aromatic rings. The lowest BCUT2D eigenvalue weighted by Crippen LogP contribution is -2.23. The minimum absolute atomic E-state index is 0.107.